The van der Waals surface area contributed by atoms with Crippen LogP contribution in [0, 0.1) is 23.7 Å². The van der Waals surface area contributed by atoms with E-state index in [1.165, 1.54) is 29.3 Å². The van der Waals surface area contributed by atoms with Crippen LogP contribution in [-0.4, -0.2) is 75.5 Å². The fraction of sp³-hybridized carbons (Fsp3) is 0.567. The summed E-state index contributed by atoms with van der Waals surface area (Å²) < 4.78 is 43.8. The van der Waals surface area contributed by atoms with Gasteiger partial charge in [-0.15, -0.1) is 4.83 Å². The number of anilines is 1. The minimum Gasteiger partial charge on any atom is -0.445 e. The molecule has 2 aromatic carbocycles. The number of aliphatic hydroxyl groups is 1. The molecule has 7 atom stereocenters. The van der Waals surface area contributed by atoms with Crippen LogP contribution in [0.15, 0.2) is 59.5 Å². The number of sulfonamides is 1. The van der Waals surface area contributed by atoms with Crippen molar-refractivity contribution in [2.45, 2.75) is 62.5 Å². The lowest BCUT2D eigenvalue weighted by Gasteiger charge is -2.31. The quantitative estimate of drug-likeness (QED) is 0.200. The predicted molar refractivity (Wildman–Crippen MR) is 156 cm³/mol. The Bertz CT molecular complexity index is 1290. The number of ether oxygens (including phenoxy) is 3. The zero-order chi connectivity index (χ0) is 29.9. The van der Waals surface area contributed by atoms with E-state index in [1.54, 1.807) is 0 Å². The number of carbonyl (C=O) groups excluding carboxylic acids is 1. The highest BCUT2D eigenvalue weighted by Crippen LogP contribution is 2.49. The van der Waals surface area contributed by atoms with Gasteiger partial charge in [0.1, 0.15) is 6.10 Å². The zero-order valence-electron chi connectivity index (χ0n) is 24.1. The summed E-state index contributed by atoms with van der Waals surface area (Å²) in [5.41, 5.74) is 7.10. The van der Waals surface area contributed by atoms with Crippen molar-refractivity contribution in [3.05, 3.63) is 60.2 Å². The maximum Gasteiger partial charge on any atom is 0.407 e. The number of rotatable bonds is 13. The Morgan fingerprint density at radius 2 is 1.81 bits per heavy atom. The number of hydrazine groups is 1. The molecule has 1 saturated carbocycles. The summed E-state index contributed by atoms with van der Waals surface area (Å²) in [5, 5.41) is 15.9. The van der Waals surface area contributed by atoms with Gasteiger partial charge in [0.25, 0.3) is 10.0 Å². The second kappa shape index (κ2) is 13.3. The molecule has 3 aliphatic rings. The van der Waals surface area contributed by atoms with E-state index in [0.29, 0.717) is 44.2 Å². The van der Waals surface area contributed by atoms with Crippen LogP contribution < -0.4 is 15.9 Å². The van der Waals surface area contributed by atoms with Crippen LogP contribution in [-0.2, 0) is 30.7 Å². The number of nitrogen functional groups attached to an aromatic ring is 1. The van der Waals surface area contributed by atoms with Crippen LogP contribution in [0.25, 0.3) is 0 Å². The highest BCUT2D eigenvalue weighted by atomic mass is 32.2. The third-order valence-corrected chi connectivity index (χ3v) is 9.81. The first-order valence-corrected chi connectivity index (χ1v) is 16.1. The lowest BCUT2D eigenvalue weighted by molar-refractivity contribution is -0.169. The lowest BCUT2D eigenvalue weighted by Crippen LogP contribution is -2.54. The first-order chi connectivity index (χ1) is 20.1. The molecule has 11 nitrogen and oxygen atoms in total. The number of nitrogens with zero attached hydrogens (tertiary/aromatic N) is 1. The van der Waals surface area contributed by atoms with Gasteiger partial charge in [0.05, 0.1) is 30.3 Å². The van der Waals surface area contributed by atoms with Gasteiger partial charge in [-0.1, -0.05) is 44.2 Å². The van der Waals surface area contributed by atoms with Gasteiger partial charge in [-0.25, -0.2) is 18.2 Å². The molecule has 1 amide bonds. The van der Waals surface area contributed by atoms with Gasteiger partial charge in [-0.05, 0) is 55.0 Å². The minimum atomic E-state index is -3.93. The topological polar surface area (TPSA) is 152 Å². The van der Waals surface area contributed by atoms with Gasteiger partial charge in [0.15, 0.2) is 6.29 Å². The van der Waals surface area contributed by atoms with Crippen molar-refractivity contribution in [3.63, 3.8) is 0 Å². The summed E-state index contributed by atoms with van der Waals surface area (Å²) in [6.45, 7) is 5.38. The molecule has 0 aromatic heterocycles. The molecule has 0 radical (unpaired) electrons. The van der Waals surface area contributed by atoms with E-state index in [1.807, 2.05) is 44.2 Å². The summed E-state index contributed by atoms with van der Waals surface area (Å²) in [6.07, 6.45) is -0.351. The molecule has 1 aliphatic carbocycles. The minimum absolute atomic E-state index is 0.0567. The Labute approximate surface area is 247 Å². The maximum absolute atomic E-state index is 13.2. The summed E-state index contributed by atoms with van der Waals surface area (Å²) in [5.74, 6) is 0.751. The molecule has 2 aliphatic heterocycles. The van der Waals surface area contributed by atoms with Crippen molar-refractivity contribution in [3.8, 4) is 0 Å². The highest BCUT2D eigenvalue weighted by molar-refractivity contribution is 7.89. The van der Waals surface area contributed by atoms with Crippen molar-refractivity contribution in [1.82, 2.24) is 15.2 Å². The van der Waals surface area contributed by atoms with Crippen molar-refractivity contribution >= 4 is 21.8 Å². The Morgan fingerprint density at radius 3 is 2.52 bits per heavy atom. The van der Waals surface area contributed by atoms with Crippen molar-refractivity contribution in [2.75, 3.05) is 32.0 Å². The number of hydrogen-bond donors (Lipinski definition) is 4. The maximum atomic E-state index is 13.2. The largest absolute Gasteiger partial charge is 0.445 e. The molecule has 3 fully saturated rings. The Kier molecular flexibility index (Phi) is 9.70. The van der Waals surface area contributed by atoms with Crippen LogP contribution in [0.5, 0.6) is 0 Å². The van der Waals surface area contributed by atoms with Gasteiger partial charge >= 0.3 is 6.09 Å². The van der Waals surface area contributed by atoms with Crippen molar-refractivity contribution < 1.29 is 32.5 Å². The molecule has 12 heteroatoms. The van der Waals surface area contributed by atoms with E-state index >= 15 is 0 Å². The first-order valence-electron chi connectivity index (χ1n) is 14.6. The molecule has 2 bridgehead atoms. The second-order valence-electron chi connectivity index (χ2n) is 12.0. The molecular formula is C30H42N4O7S. The van der Waals surface area contributed by atoms with Crippen molar-refractivity contribution in [1.29, 1.82) is 0 Å². The average Bonchev–Trinajstić information content (AvgIpc) is 3.48. The SMILES string of the molecule is CC(C)CCN(C[C@@H](O)[C@H](Cc1ccccc1)NC(=O)OC1C2COC3OC[C@H]1CC32)NS(=O)(=O)c1ccc(N)cc1. The number of aliphatic hydroxyl groups excluding tert-OH is 1. The number of nitrogens with two attached hydrogens (primary N) is 1. The van der Waals surface area contributed by atoms with E-state index in [0.717, 1.165) is 12.0 Å². The molecule has 0 spiro atoms. The average molecular weight is 603 g/mol. The van der Waals surface area contributed by atoms with E-state index in [9.17, 15) is 18.3 Å². The number of nitrogens with one attached hydrogen (secondary N) is 2. The molecule has 2 saturated heterocycles. The predicted octanol–water partition coefficient (Wildman–Crippen LogP) is 2.52. The first kappa shape index (κ1) is 30.7. The van der Waals surface area contributed by atoms with E-state index < -0.39 is 28.3 Å². The molecule has 4 unspecified atom stereocenters. The highest BCUT2D eigenvalue weighted by Gasteiger charge is 2.56. The Balaban J connectivity index is 1.29. The normalized spacial score (nSPS) is 26.4. The number of benzene rings is 2. The molecular weight excluding hydrogens is 560 g/mol. The van der Waals surface area contributed by atoms with Gasteiger partial charge in [-0.2, -0.15) is 0 Å². The zero-order valence-corrected chi connectivity index (χ0v) is 24.9. The van der Waals surface area contributed by atoms with Crippen LogP contribution in [0.2, 0.25) is 0 Å². The molecule has 230 valence electrons. The number of carbonyl (C=O) groups is 1. The fourth-order valence-electron chi connectivity index (χ4n) is 6.12. The number of amides is 1. The van der Waals surface area contributed by atoms with Crippen molar-refractivity contribution in [2.24, 2.45) is 23.7 Å². The van der Waals surface area contributed by atoms with Gasteiger partial charge in [-0.3, -0.25) is 0 Å². The molecule has 5 N–H and O–H groups in total. The van der Waals surface area contributed by atoms with Gasteiger partial charge in [0, 0.05) is 36.5 Å². The van der Waals surface area contributed by atoms with E-state index in [2.05, 4.69) is 10.1 Å². The fourth-order valence-corrected chi connectivity index (χ4v) is 7.23. The monoisotopic (exact) mass is 602 g/mol. The standard InChI is InChI=1S/C30H42N4O7S/c1-19(2)12-13-34(33-42(37,38)23-10-8-22(31)9-11-23)16-27(35)26(14-20-6-4-3-5-7-20)32-30(36)41-28-21-15-24-25(28)18-40-29(24)39-17-21/h3-11,19,21,24-29,33,35H,12-18,31H2,1-2H3,(H,32,36)/t21-,24?,25?,26+,27-,28?,29?/m1/s1. The molecule has 42 heavy (non-hydrogen) atoms. The molecule has 2 heterocycles. The lowest BCUT2D eigenvalue weighted by atomic mass is 9.98. The van der Waals surface area contributed by atoms with Crippen LogP contribution in [0.4, 0.5) is 10.5 Å². The smallest absolute Gasteiger partial charge is 0.407 e. The van der Waals surface area contributed by atoms with Gasteiger partial charge in [0.2, 0.25) is 0 Å². The van der Waals surface area contributed by atoms with Gasteiger partial charge < -0.3 is 30.4 Å². The van der Waals surface area contributed by atoms with E-state index in [4.69, 9.17) is 19.9 Å². The van der Waals surface area contributed by atoms with E-state index in [-0.39, 0.29) is 41.6 Å². The Hall–Kier alpha value is -2.74. The summed E-state index contributed by atoms with van der Waals surface area (Å²) in [4.78, 5) is 15.9. The second-order valence-corrected chi connectivity index (χ2v) is 13.7. The van der Waals surface area contributed by atoms with Crippen LogP contribution in [0.3, 0.4) is 0 Å². The third kappa shape index (κ3) is 7.42. The summed E-state index contributed by atoms with van der Waals surface area (Å²) >= 11 is 0. The number of fused-ring (bicyclic) bond motifs is 1. The number of hydrogen-bond acceptors (Lipinski definition) is 9. The molecule has 2 aromatic rings. The summed E-state index contributed by atoms with van der Waals surface area (Å²) in [6, 6.07) is 14.7. The van der Waals surface area contributed by atoms with Crippen LogP contribution in [0.1, 0.15) is 32.3 Å². The summed E-state index contributed by atoms with van der Waals surface area (Å²) in [7, 11) is -3.93. The third-order valence-electron chi connectivity index (χ3n) is 8.42. The molecule has 5 rings (SSSR count). The van der Waals surface area contributed by atoms with Crippen LogP contribution >= 0.6 is 0 Å². The Morgan fingerprint density at radius 1 is 1.10 bits per heavy atom. The number of alkyl carbamates (subject to hydrolysis) is 1.